The maximum atomic E-state index is 12.2. The Balaban J connectivity index is 1.95. The zero-order chi connectivity index (χ0) is 24.1. The molecule has 1 amide bonds. The van der Waals surface area contributed by atoms with Gasteiger partial charge < -0.3 is 19.9 Å². The number of ether oxygens (including phenoxy) is 1. The third kappa shape index (κ3) is 5.20. The summed E-state index contributed by atoms with van der Waals surface area (Å²) >= 11 is 6.42. The first-order chi connectivity index (χ1) is 15.8. The van der Waals surface area contributed by atoms with E-state index in [0.717, 1.165) is 22.6 Å². The lowest BCUT2D eigenvalue weighted by Gasteiger charge is -2.17. The molecular formula is C24H29ClN6O2. The zero-order valence-electron chi connectivity index (χ0n) is 19.7. The second kappa shape index (κ2) is 10.5. The number of carbonyl (C=O) groups is 1. The molecule has 0 saturated carbocycles. The van der Waals surface area contributed by atoms with E-state index in [1.807, 2.05) is 38.5 Å². The van der Waals surface area contributed by atoms with Gasteiger partial charge in [-0.05, 0) is 27.7 Å². The summed E-state index contributed by atoms with van der Waals surface area (Å²) in [5, 5.41) is 0.871. The number of hydrogen-bond donors (Lipinski definition) is 1. The van der Waals surface area contributed by atoms with Crippen LogP contribution in [0.1, 0.15) is 49.1 Å². The summed E-state index contributed by atoms with van der Waals surface area (Å²) in [6.45, 7) is 9.70. The third-order valence-corrected chi connectivity index (χ3v) is 5.84. The molecule has 0 radical (unpaired) electrons. The fourth-order valence-corrected chi connectivity index (χ4v) is 4.10. The van der Waals surface area contributed by atoms with Crippen LogP contribution in [-0.4, -0.2) is 50.5 Å². The van der Waals surface area contributed by atoms with Crippen molar-refractivity contribution in [1.82, 2.24) is 24.4 Å². The molecule has 3 aromatic heterocycles. The number of nitrogens with two attached hydrogens (primary N) is 1. The Morgan fingerprint density at radius 2 is 2.00 bits per heavy atom. The van der Waals surface area contributed by atoms with Gasteiger partial charge in [-0.3, -0.25) is 9.78 Å². The summed E-state index contributed by atoms with van der Waals surface area (Å²) in [6.07, 6.45) is 4.48. The van der Waals surface area contributed by atoms with E-state index in [4.69, 9.17) is 22.1 Å². The van der Waals surface area contributed by atoms with E-state index in [0.29, 0.717) is 49.1 Å². The highest BCUT2D eigenvalue weighted by Crippen LogP contribution is 2.29. The minimum Gasteiger partial charge on any atom is -0.496 e. The molecule has 8 nitrogen and oxygen atoms in total. The van der Waals surface area contributed by atoms with Gasteiger partial charge in [-0.2, -0.15) is 4.98 Å². The number of fused-ring (bicyclic) bond motifs is 1. The Labute approximate surface area is 199 Å². The number of nitrogen functional groups attached to an aromatic ring is 1. The maximum Gasteiger partial charge on any atom is 0.223 e. The summed E-state index contributed by atoms with van der Waals surface area (Å²) in [4.78, 5) is 27.1. The van der Waals surface area contributed by atoms with Crippen LogP contribution < -0.4 is 10.5 Å². The Morgan fingerprint density at radius 3 is 2.67 bits per heavy atom. The van der Waals surface area contributed by atoms with Gasteiger partial charge in [-0.15, -0.1) is 0 Å². The van der Waals surface area contributed by atoms with Crippen LogP contribution in [-0.2, 0) is 11.3 Å². The maximum absolute atomic E-state index is 12.2. The summed E-state index contributed by atoms with van der Waals surface area (Å²) in [6, 6.07) is 0. The lowest BCUT2D eigenvalue weighted by molar-refractivity contribution is -0.130. The first-order valence-corrected chi connectivity index (χ1v) is 11.3. The Morgan fingerprint density at radius 1 is 1.27 bits per heavy atom. The second-order valence-electron chi connectivity index (χ2n) is 7.66. The van der Waals surface area contributed by atoms with E-state index in [9.17, 15) is 4.79 Å². The number of rotatable bonds is 7. The molecule has 2 N–H and O–H groups in total. The summed E-state index contributed by atoms with van der Waals surface area (Å²) in [5.74, 6) is 7.22. The van der Waals surface area contributed by atoms with E-state index in [1.165, 1.54) is 0 Å². The van der Waals surface area contributed by atoms with Crippen molar-refractivity contribution >= 4 is 34.5 Å². The van der Waals surface area contributed by atoms with Crippen LogP contribution in [0.4, 0.5) is 5.95 Å². The molecule has 0 aliphatic carbocycles. The molecule has 3 rings (SSSR count). The number of anilines is 1. The molecule has 0 spiro atoms. The van der Waals surface area contributed by atoms with Crippen molar-refractivity contribution in [2.75, 3.05) is 25.9 Å². The average Bonchev–Trinajstić information content (AvgIpc) is 3.12. The van der Waals surface area contributed by atoms with Gasteiger partial charge in [0.2, 0.25) is 11.9 Å². The fraction of sp³-hybridized carbons (Fsp3) is 0.417. The molecule has 33 heavy (non-hydrogen) atoms. The van der Waals surface area contributed by atoms with Crippen LogP contribution in [0.25, 0.3) is 11.0 Å². The van der Waals surface area contributed by atoms with Crippen LogP contribution in [0.5, 0.6) is 5.75 Å². The Hall–Kier alpha value is -3.31. The Kier molecular flexibility index (Phi) is 7.77. The quantitative estimate of drug-likeness (QED) is 0.419. The van der Waals surface area contributed by atoms with Crippen LogP contribution >= 0.6 is 11.6 Å². The topological polar surface area (TPSA) is 99.2 Å². The van der Waals surface area contributed by atoms with Gasteiger partial charge in [0.05, 0.1) is 30.3 Å². The van der Waals surface area contributed by atoms with Crippen molar-refractivity contribution < 1.29 is 9.53 Å². The van der Waals surface area contributed by atoms with Crippen LogP contribution in [0, 0.1) is 25.7 Å². The number of carbonyl (C=O) groups excluding carboxylic acids is 1. The number of nitrogens with zero attached hydrogens (tertiary/aromatic N) is 5. The molecule has 3 heterocycles. The van der Waals surface area contributed by atoms with Crippen molar-refractivity contribution in [3.8, 4) is 17.6 Å². The van der Waals surface area contributed by atoms with E-state index in [2.05, 4.69) is 26.8 Å². The normalized spacial score (nSPS) is 10.7. The lowest BCUT2D eigenvalue weighted by atomic mass is 10.1. The minimum absolute atomic E-state index is 0.0855. The molecule has 0 saturated heterocycles. The summed E-state index contributed by atoms with van der Waals surface area (Å²) in [7, 11) is 1.65. The SMILES string of the molecule is CCN(CC)C(=O)CCC#Cc1cn(Cc2ncc(C)c(OC)c2C)c2nc(N)nc(Cl)c12. The van der Waals surface area contributed by atoms with Crippen molar-refractivity contribution in [3.05, 3.63) is 39.9 Å². The molecule has 0 unspecified atom stereocenters. The van der Waals surface area contributed by atoms with Gasteiger partial charge in [0.1, 0.15) is 16.5 Å². The van der Waals surface area contributed by atoms with Crippen LogP contribution in [0.3, 0.4) is 0 Å². The van der Waals surface area contributed by atoms with E-state index >= 15 is 0 Å². The van der Waals surface area contributed by atoms with Gasteiger partial charge in [0.25, 0.3) is 0 Å². The number of halogens is 1. The van der Waals surface area contributed by atoms with E-state index in [1.54, 1.807) is 18.2 Å². The van der Waals surface area contributed by atoms with Crippen molar-refractivity contribution in [3.63, 3.8) is 0 Å². The molecule has 9 heteroatoms. The van der Waals surface area contributed by atoms with Gasteiger partial charge in [-0.25, -0.2) is 4.98 Å². The highest BCUT2D eigenvalue weighted by atomic mass is 35.5. The lowest BCUT2D eigenvalue weighted by Crippen LogP contribution is -2.30. The molecule has 0 aromatic carbocycles. The standard InChI is InChI=1S/C24H29ClN6O2/c1-6-30(7-2)19(32)11-9-8-10-17-13-31(23-20(17)22(25)28-24(26)29-23)14-18-16(4)21(33-5)15(3)12-27-18/h12-13H,6-7,9,11,14H2,1-5H3,(H2,26,28,29). The van der Waals surface area contributed by atoms with Crippen molar-refractivity contribution in [2.24, 2.45) is 0 Å². The molecule has 174 valence electrons. The van der Waals surface area contributed by atoms with Gasteiger partial charge in [-0.1, -0.05) is 23.4 Å². The number of amides is 1. The highest BCUT2D eigenvalue weighted by Gasteiger charge is 2.17. The van der Waals surface area contributed by atoms with E-state index < -0.39 is 0 Å². The smallest absolute Gasteiger partial charge is 0.223 e. The molecule has 0 atom stereocenters. The predicted molar refractivity (Wildman–Crippen MR) is 130 cm³/mol. The van der Waals surface area contributed by atoms with Gasteiger partial charge in [0, 0.05) is 49.5 Å². The van der Waals surface area contributed by atoms with Crippen molar-refractivity contribution in [1.29, 1.82) is 0 Å². The van der Waals surface area contributed by atoms with Gasteiger partial charge in [0.15, 0.2) is 0 Å². The second-order valence-corrected chi connectivity index (χ2v) is 8.01. The summed E-state index contributed by atoms with van der Waals surface area (Å²) in [5.41, 5.74) is 9.89. The molecule has 0 aliphatic rings. The molecule has 0 aliphatic heterocycles. The molecule has 0 bridgehead atoms. The van der Waals surface area contributed by atoms with Gasteiger partial charge >= 0.3 is 0 Å². The summed E-state index contributed by atoms with van der Waals surface area (Å²) < 4.78 is 7.44. The van der Waals surface area contributed by atoms with Crippen LogP contribution in [0.2, 0.25) is 5.15 Å². The average molecular weight is 469 g/mol. The van der Waals surface area contributed by atoms with E-state index in [-0.39, 0.29) is 17.0 Å². The first-order valence-electron chi connectivity index (χ1n) is 10.9. The number of aryl methyl sites for hydroxylation is 1. The number of aromatic nitrogens is 4. The predicted octanol–water partition coefficient (Wildman–Crippen LogP) is 3.74. The number of pyridine rings is 1. The van der Waals surface area contributed by atoms with Crippen LogP contribution in [0.15, 0.2) is 12.4 Å². The number of methoxy groups -OCH3 is 1. The Bertz CT molecular complexity index is 1240. The molecule has 3 aromatic rings. The highest BCUT2D eigenvalue weighted by molar-refractivity contribution is 6.34. The minimum atomic E-state index is 0.0855. The van der Waals surface area contributed by atoms with Crippen molar-refractivity contribution in [2.45, 2.75) is 47.1 Å². The third-order valence-electron chi connectivity index (χ3n) is 5.56. The molecular weight excluding hydrogens is 440 g/mol. The monoisotopic (exact) mass is 468 g/mol. The largest absolute Gasteiger partial charge is 0.496 e. The zero-order valence-corrected chi connectivity index (χ0v) is 20.5. The first kappa shape index (κ1) is 24.3. The molecule has 0 fully saturated rings. The fourth-order valence-electron chi connectivity index (χ4n) is 3.83. The number of hydrogen-bond acceptors (Lipinski definition) is 6.